The molecule has 1 saturated heterocycles. The van der Waals surface area contributed by atoms with E-state index in [0.717, 1.165) is 16.7 Å². The molecule has 0 spiro atoms. The summed E-state index contributed by atoms with van der Waals surface area (Å²) in [6.45, 7) is -0.356. The summed E-state index contributed by atoms with van der Waals surface area (Å²) in [5.74, 6) is 2.12. The van der Waals surface area contributed by atoms with E-state index in [0.29, 0.717) is 32.2 Å². The maximum atomic E-state index is 12.7. The number of anilines is 1. The van der Waals surface area contributed by atoms with Gasteiger partial charge >= 0.3 is 0 Å². The largest absolute Gasteiger partial charge is 0.493 e. The first kappa shape index (κ1) is 23.7. The third-order valence-corrected chi connectivity index (χ3v) is 5.86. The van der Waals surface area contributed by atoms with Crippen molar-refractivity contribution in [2.24, 2.45) is 0 Å². The van der Waals surface area contributed by atoms with E-state index in [1.54, 1.807) is 36.4 Å². The zero-order chi connectivity index (χ0) is 23.3. The highest BCUT2D eigenvalue weighted by molar-refractivity contribution is 9.10. The molecule has 2 aromatic carbocycles. The quantitative estimate of drug-likeness (QED) is 0.405. The Morgan fingerprint density at radius 1 is 1.34 bits per heavy atom. The van der Waals surface area contributed by atoms with E-state index in [9.17, 15) is 14.4 Å². The van der Waals surface area contributed by atoms with Gasteiger partial charge in [-0.25, -0.2) is 0 Å². The summed E-state index contributed by atoms with van der Waals surface area (Å²) in [6, 6.07) is 9.91. The van der Waals surface area contributed by atoms with Gasteiger partial charge in [0.2, 0.25) is 5.91 Å². The molecule has 1 heterocycles. The van der Waals surface area contributed by atoms with Crippen LogP contribution in [0.1, 0.15) is 5.56 Å². The topological polar surface area (TPSA) is 84.9 Å². The summed E-state index contributed by atoms with van der Waals surface area (Å²) in [7, 11) is 1.47. The van der Waals surface area contributed by atoms with Gasteiger partial charge in [-0.3, -0.25) is 19.3 Å². The van der Waals surface area contributed by atoms with Crippen LogP contribution < -0.4 is 14.8 Å². The normalized spacial score (nSPS) is 14.4. The summed E-state index contributed by atoms with van der Waals surface area (Å²) >= 11 is 10.0. The number of terminal acetylenes is 1. The molecular weight excluding hydrogens is 520 g/mol. The van der Waals surface area contributed by atoms with E-state index in [2.05, 4.69) is 27.2 Å². The Labute approximate surface area is 202 Å². The molecule has 0 atom stereocenters. The summed E-state index contributed by atoms with van der Waals surface area (Å²) in [5.41, 5.74) is 1.06. The van der Waals surface area contributed by atoms with Crippen LogP contribution in [0.3, 0.4) is 0 Å². The fourth-order valence-electron chi connectivity index (χ4n) is 2.78. The van der Waals surface area contributed by atoms with Crippen molar-refractivity contribution in [1.82, 2.24) is 4.90 Å². The number of hydrogen-bond acceptors (Lipinski definition) is 6. The monoisotopic (exact) mass is 534 g/mol. The van der Waals surface area contributed by atoms with Gasteiger partial charge in [0.25, 0.3) is 11.1 Å². The standard InChI is InChI=1S/C22H16BrClN2O5S/c1-3-7-31-20-16(23)8-13(9-17(20)30-2)10-18-21(28)26(22(29)32-18)12-19(27)25-15-6-4-5-14(24)11-15/h1,4-6,8-11H,7,12H2,2H3,(H,25,27)/b18-10-. The number of carbonyl (C=O) groups is 3. The number of rotatable bonds is 7. The van der Waals surface area contributed by atoms with E-state index in [4.69, 9.17) is 27.5 Å². The van der Waals surface area contributed by atoms with Crippen LogP contribution >= 0.6 is 39.3 Å². The molecule has 0 unspecified atom stereocenters. The molecule has 1 N–H and O–H groups in total. The average molecular weight is 536 g/mol. The molecule has 0 saturated carbocycles. The van der Waals surface area contributed by atoms with Gasteiger partial charge < -0.3 is 14.8 Å². The second-order valence-corrected chi connectivity index (χ2v) is 8.64. The summed E-state index contributed by atoms with van der Waals surface area (Å²) < 4.78 is 11.4. The predicted octanol–water partition coefficient (Wildman–Crippen LogP) is 4.80. The minimum absolute atomic E-state index is 0.0600. The Balaban J connectivity index is 1.76. The number of carbonyl (C=O) groups excluding carboxylic acids is 3. The Bertz CT molecular complexity index is 1160. The minimum Gasteiger partial charge on any atom is -0.493 e. The molecule has 32 heavy (non-hydrogen) atoms. The van der Waals surface area contributed by atoms with Crippen LogP contribution in [0.15, 0.2) is 45.8 Å². The number of imide groups is 1. The number of halogens is 2. The minimum atomic E-state index is -0.566. The predicted molar refractivity (Wildman–Crippen MR) is 128 cm³/mol. The zero-order valence-electron chi connectivity index (χ0n) is 16.7. The van der Waals surface area contributed by atoms with Crippen LogP contribution in [0.4, 0.5) is 10.5 Å². The van der Waals surface area contributed by atoms with Crippen LogP contribution in [0, 0.1) is 12.3 Å². The fourth-order valence-corrected chi connectivity index (χ4v) is 4.38. The van der Waals surface area contributed by atoms with Gasteiger partial charge in [-0.15, -0.1) is 6.42 Å². The molecule has 2 aromatic rings. The molecule has 10 heteroatoms. The van der Waals surface area contributed by atoms with Crippen molar-refractivity contribution in [3.05, 3.63) is 56.4 Å². The van der Waals surface area contributed by atoms with Crippen molar-refractivity contribution < 1.29 is 23.9 Å². The van der Waals surface area contributed by atoms with Crippen molar-refractivity contribution in [3.63, 3.8) is 0 Å². The Kier molecular flexibility index (Phi) is 7.85. The Hall–Kier alpha value is -2.93. The van der Waals surface area contributed by atoms with E-state index >= 15 is 0 Å². The molecule has 0 bridgehead atoms. The van der Waals surface area contributed by atoms with E-state index in [1.165, 1.54) is 13.2 Å². The highest BCUT2D eigenvalue weighted by atomic mass is 79.9. The number of ether oxygens (including phenoxy) is 2. The lowest BCUT2D eigenvalue weighted by molar-refractivity contribution is -0.127. The smallest absolute Gasteiger partial charge is 0.294 e. The number of hydrogen-bond donors (Lipinski definition) is 1. The number of nitrogens with zero attached hydrogens (tertiary/aromatic N) is 1. The molecule has 164 valence electrons. The summed E-state index contributed by atoms with van der Waals surface area (Å²) in [4.78, 5) is 38.4. The Morgan fingerprint density at radius 3 is 2.81 bits per heavy atom. The third kappa shape index (κ3) is 5.65. The lowest BCUT2D eigenvalue weighted by atomic mass is 10.2. The molecule has 1 fully saturated rings. The Morgan fingerprint density at radius 2 is 2.12 bits per heavy atom. The fraction of sp³-hybridized carbons (Fsp3) is 0.136. The molecule has 1 aliphatic rings. The number of amides is 3. The number of nitrogens with one attached hydrogen (secondary N) is 1. The highest BCUT2D eigenvalue weighted by Crippen LogP contribution is 2.39. The number of benzene rings is 2. The van der Waals surface area contributed by atoms with Gasteiger partial charge in [-0.1, -0.05) is 23.6 Å². The van der Waals surface area contributed by atoms with Crippen molar-refractivity contribution in [3.8, 4) is 23.8 Å². The lowest BCUT2D eigenvalue weighted by Gasteiger charge is -2.13. The summed E-state index contributed by atoms with van der Waals surface area (Å²) in [5, 5.41) is 2.53. The highest BCUT2D eigenvalue weighted by Gasteiger charge is 2.36. The van der Waals surface area contributed by atoms with Crippen molar-refractivity contribution in [2.45, 2.75) is 0 Å². The maximum Gasteiger partial charge on any atom is 0.294 e. The first-order valence-electron chi connectivity index (χ1n) is 9.07. The second kappa shape index (κ2) is 10.6. The lowest BCUT2D eigenvalue weighted by Crippen LogP contribution is -2.36. The van der Waals surface area contributed by atoms with Gasteiger partial charge in [0.15, 0.2) is 11.5 Å². The van der Waals surface area contributed by atoms with Crippen LogP contribution in [0.25, 0.3) is 6.08 Å². The average Bonchev–Trinajstić information content (AvgIpc) is 3.00. The molecule has 1 aliphatic heterocycles. The van der Waals surface area contributed by atoms with Crippen LogP contribution in [-0.4, -0.2) is 42.2 Å². The van der Waals surface area contributed by atoms with Gasteiger partial charge in [-0.05, 0) is 69.7 Å². The third-order valence-electron chi connectivity index (χ3n) is 4.13. The molecule has 3 amide bonds. The van der Waals surface area contributed by atoms with Crippen LogP contribution in [0.5, 0.6) is 11.5 Å². The molecule has 7 nitrogen and oxygen atoms in total. The molecule has 0 aliphatic carbocycles. The van der Waals surface area contributed by atoms with E-state index in [-0.39, 0.29) is 11.5 Å². The maximum absolute atomic E-state index is 12.7. The SMILES string of the molecule is C#CCOc1c(Br)cc(/C=C2\SC(=O)N(CC(=O)Nc3cccc(Cl)c3)C2=O)cc1OC. The van der Waals surface area contributed by atoms with Crippen LogP contribution in [-0.2, 0) is 9.59 Å². The number of methoxy groups -OCH3 is 1. The zero-order valence-corrected chi connectivity index (χ0v) is 19.8. The van der Waals surface area contributed by atoms with Crippen LogP contribution in [0.2, 0.25) is 5.02 Å². The first-order chi connectivity index (χ1) is 15.3. The van der Waals surface area contributed by atoms with Gasteiger partial charge in [0, 0.05) is 10.7 Å². The first-order valence-corrected chi connectivity index (χ1v) is 11.1. The van der Waals surface area contributed by atoms with E-state index in [1.807, 2.05) is 0 Å². The van der Waals surface area contributed by atoms with Crippen molar-refractivity contribution >= 4 is 68.1 Å². The van der Waals surface area contributed by atoms with Crippen molar-refractivity contribution in [1.29, 1.82) is 0 Å². The summed E-state index contributed by atoms with van der Waals surface area (Å²) in [6.07, 6.45) is 6.77. The molecular formula is C22H16BrClN2O5S. The van der Waals surface area contributed by atoms with Gasteiger partial charge in [0.05, 0.1) is 16.5 Å². The van der Waals surface area contributed by atoms with Gasteiger partial charge in [0.1, 0.15) is 13.2 Å². The molecule has 3 rings (SSSR count). The van der Waals surface area contributed by atoms with E-state index < -0.39 is 23.6 Å². The number of thioether (sulfide) groups is 1. The molecule has 0 radical (unpaired) electrons. The molecule has 0 aromatic heterocycles. The van der Waals surface area contributed by atoms with Gasteiger partial charge in [-0.2, -0.15) is 0 Å². The second-order valence-electron chi connectivity index (χ2n) is 6.35. The van der Waals surface area contributed by atoms with Crippen molar-refractivity contribution in [2.75, 3.05) is 25.6 Å².